The van der Waals surface area contributed by atoms with Crippen molar-refractivity contribution in [1.82, 2.24) is 0 Å². The van der Waals surface area contributed by atoms with Crippen LogP contribution in [0.1, 0.15) is 29.7 Å². The van der Waals surface area contributed by atoms with Gasteiger partial charge in [-0.05, 0) is 61.7 Å². The first-order chi connectivity index (χ1) is 8.97. The highest BCUT2D eigenvalue weighted by molar-refractivity contribution is 9.10. The van der Waals surface area contributed by atoms with E-state index in [2.05, 4.69) is 66.2 Å². The Hall–Kier alpha value is -0.770. The van der Waals surface area contributed by atoms with Gasteiger partial charge >= 0.3 is 0 Å². The van der Waals surface area contributed by atoms with E-state index in [9.17, 15) is 0 Å². The van der Waals surface area contributed by atoms with Gasteiger partial charge in [-0.15, -0.1) is 0 Å². The highest BCUT2D eigenvalue weighted by Gasteiger charge is 2.10. The molecule has 100 valence electrons. The first-order valence-electron chi connectivity index (χ1n) is 6.27. The summed E-state index contributed by atoms with van der Waals surface area (Å²) in [5, 5.41) is 0. The standard InChI is InChI=1S/C16H18BrNS/c1-10-4-5-11(2)16(8-10)19-15-7-6-13(17)9-14(15)12(3)18/h4-9,12H,18H2,1-3H3. The van der Waals surface area contributed by atoms with Crippen LogP contribution in [-0.2, 0) is 0 Å². The number of benzene rings is 2. The number of halogens is 1. The van der Waals surface area contributed by atoms with Crippen LogP contribution >= 0.6 is 27.7 Å². The molecule has 0 heterocycles. The van der Waals surface area contributed by atoms with Crippen LogP contribution in [0.15, 0.2) is 50.7 Å². The van der Waals surface area contributed by atoms with Gasteiger partial charge < -0.3 is 5.73 Å². The van der Waals surface area contributed by atoms with Gasteiger partial charge in [-0.25, -0.2) is 0 Å². The summed E-state index contributed by atoms with van der Waals surface area (Å²) >= 11 is 5.30. The lowest BCUT2D eigenvalue weighted by molar-refractivity contribution is 0.796. The molecular weight excluding hydrogens is 318 g/mol. The molecule has 19 heavy (non-hydrogen) atoms. The predicted molar refractivity (Wildman–Crippen MR) is 86.8 cm³/mol. The third-order valence-corrected chi connectivity index (χ3v) is 4.77. The molecule has 3 heteroatoms. The summed E-state index contributed by atoms with van der Waals surface area (Å²) < 4.78 is 1.07. The van der Waals surface area contributed by atoms with Crippen LogP contribution in [0.4, 0.5) is 0 Å². The largest absolute Gasteiger partial charge is 0.324 e. The maximum atomic E-state index is 6.07. The lowest BCUT2D eigenvalue weighted by atomic mass is 10.1. The van der Waals surface area contributed by atoms with E-state index in [0.717, 1.165) is 4.47 Å². The molecule has 0 aliphatic carbocycles. The Morgan fingerprint density at radius 2 is 1.79 bits per heavy atom. The third-order valence-electron chi connectivity index (χ3n) is 3.03. The first kappa shape index (κ1) is 14.6. The van der Waals surface area contributed by atoms with E-state index in [4.69, 9.17) is 5.73 Å². The molecule has 0 saturated carbocycles. The van der Waals surface area contributed by atoms with Crippen molar-refractivity contribution in [1.29, 1.82) is 0 Å². The summed E-state index contributed by atoms with van der Waals surface area (Å²) in [6, 6.07) is 12.9. The van der Waals surface area contributed by atoms with Gasteiger partial charge in [0.1, 0.15) is 0 Å². The van der Waals surface area contributed by atoms with E-state index >= 15 is 0 Å². The van der Waals surface area contributed by atoms with E-state index in [0.29, 0.717) is 0 Å². The second-order valence-electron chi connectivity index (χ2n) is 4.84. The van der Waals surface area contributed by atoms with Crippen molar-refractivity contribution < 1.29 is 0 Å². The van der Waals surface area contributed by atoms with Crippen LogP contribution in [0.3, 0.4) is 0 Å². The smallest absolute Gasteiger partial charge is 0.0277 e. The van der Waals surface area contributed by atoms with Crippen molar-refractivity contribution in [2.24, 2.45) is 5.73 Å². The molecule has 1 atom stereocenters. The van der Waals surface area contributed by atoms with Gasteiger partial charge in [0, 0.05) is 20.3 Å². The number of rotatable bonds is 3. The molecule has 0 aliphatic rings. The molecule has 2 aromatic rings. The molecule has 2 rings (SSSR count). The average Bonchev–Trinajstić information content (AvgIpc) is 2.35. The Kier molecular flexibility index (Phi) is 4.71. The predicted octanol–water partition coefficient (Wildman–Crippen LogP) is 5.24. The molecule has 0 radical (unpaired) electrons. The molecule has 0 aromatic heterocycles. The number of hydrogen-bond acceptors (Lipinski definition) is 2. The summed E-state index contributed by atoms with van der Waals surface area (Å²) in [4.78, 5) is 2.52. The molecule has 0 bridgehead atoms. The van der Waals surface area contributed by atoms with E-state index in [1.165, 1.54) is 26.5 Å². The van der Waals surface area contributed by atoms with Crippen LogP contribution in [0.25, 0.3) is 0 Å². The van der Waals surface area contributed by atoms with Crippen LogP contribution in [-0.4, -0.2) is 0 Å². The maximum Gasteiger partial charge on any atom is 0.0277 e. The lowest BCUT2D eigenvalue weighted by Gasteiger charge is -2.14. The summed E-state index contributed by atoms with van der Waals surface area (Å²) in [6.07, 6.45) is 0. The molecular formula is C16H18BrNS. The van der Waals surface area contributed by atoms with E-state index in [1.807, 2.05) is 6.92 Å². The Morgan fingerprint density at radius 1 is 1.05 bits per heavy atom. The van der Waals surface area contributed by atoms with Gasteiger partial charge in [-0.2, -0.15) is 0 Å². The summed E-state index contributed by atoms with van der Waals surface area (Å²) in [5.74, 6) is 0. The van der Waals surface area contributed by atoms with Crippen molar-refractivity contribution in [2.45, 2.75) is 36.6 Å². The van der Waals surface area contributed by atoms with Crippen molar-refractivity contribution >= 4 is 27.7 Å². The van der Waals surface area contributed by atoms with Gasteiger partial charge in [-0.1, -0.05) is 39.8 Å². The minimum absolute atomic E-state index is 0.0325. The molecule has 1 nitrogen and oxygen atoms in total. The van der Waals surface area contributed by atoms with Crippen LogP contribution in [0.2, 0.25) is 0 Å². The topological polar surface area (TPSA) is 26.0 Å². The summed E-state index contributed by atoms with van der Waals surface area (Å²) in [5.41, 5.74) is 9.84. The highest BCUT2D eigenvalue weighted by atomic mass is 79.9. The Labute approximate surface area is 127 Å². The molecule has 0 saturated heterocycles. The van der Waals surface area contributed by atoms with Gasteiger partial charge in [0.05, 0.1) is 0 Å². The maximum absolute atomic E-state index is 6.07. The van der Waals surface area contributed by atoms with Crippen LogP contribution < -0.4 is 5.73 Å². The fourth-order valence-corrected chi connectivity index (χ4v) is 3.49. The molecule has 0 spiro atoms. The van der Waals surface area contributed by atoms with Crippen molar-refractivity contribution in [3.63, 3.8) is 0 Å². The Bertz CT molecular complexity index is 593. The molecule has 0 aliphatic heterocycles. The SMILES string of the molecule is Cc1ccc(C)c(Sc2ccc(Br)cc2C(C)N)c1. The van der Waals surface area contributed by atoms with Gasteiger partial charge in [-0.3, -0.25) is 0 Å². The number of aryl methyl sites for hydroxylation is 2. The zero-order chi connectivity index (χ0) is 14.0. The fraction of sp³-hybridized carbons (Fsp3) is 0.250. The van der Waals surface area contributed by atoms with Crippen molar-refractivity contribution in [2.75, 3.05) is 0 Å². The Morgan fingerprint density at radius 3 is 2.47 bits per heavy atom. The molecule has 0 amide bonds. The molecule has 1 unspecified atom stereocenters. The zero-order valence-corrected chi connectivity index (χ0v) is 13.8. The lowest BCUT2D eigenvalue weighted by Crippen LogP contribution is -2.06. The van der Waals surface area contributed by atoms with Crippen molar-refractivity contribution in [3.05, 3.63) is 57.6 Å². The third kappa shape index (κ3) is 3.62. The fourth-order valence-electron chi connectivity index (χ4n) is 1.90. The number of hydrogen-bond donors (Lipinski definition) is 1. The van der Waals surface area contributed by atoms with Crippen LogP contribution in [0.5, 0.6) is 0 Å². The van der Waals surface area contributed by atoms with Gasteiger partial charge in [0.15, 0.2) is 0 Å². The first-order valence-corrected chi connectivity index (χ1v) is 7.88. The average molecular weight is 336 g/mol. The van der Waals surface area contributed by atoms with E-state index in [1.54, 1.807) is 11.8 Å². The second-order valence-corrected chi connectivity index (χ2v) is 6.84. The molecule has 0 fully saturated rings. The monoisotopic (exact) mass is 335 g/mol. The van der Waals surface area contributed by atoms with E-state index in [-0.39, 0.29) is 6.04 Å². The highest BCUT2D eigenvalue weighted by Crippen LogP contribution is 2.36. The molecule has 2 N–H and O–H groups in total. The van der Waals surface area contributed by atoms with Crippen LogP contribution in [0, 0.1) is 13.8 Å². The quantitative estimate of drug-likeness (QED) is 0.830. The number of nitrogens with two attached hydrogens (primary N) is 1. The van der Waals surface area contributed by atoms with Gasteiger partial charge in [0.2, 0.25) is 0 Å². The minimum Gasteiger partial charge on any atom is -0.324 e. The normalized spacial score (nSPS) is 12.5. The van der Waals surface area contributed by atoms with Gasteiger partial charge in [0.25, 0.3) is 0 Å². The van der Waals surface area contributed by atoms with Crippen molar-refractivity contribution in [3.8, 4) is 0 Å². The second kappa shape index (κ2) is 6.12. The summed E-state index contributed by atoms with van der Waals surface area (Å²) in [6.45, 7) is 6.29. The van der Waals surface area contributed by atoms with E-state index < -0.39 is 0 Å². The zero-order valence-electron chi connectivity index (χ0n) is 11.4. The minimum atomic E-state index is 0.0325. The Balaban J connectivity index is 2.40. The molecule has 2 aromatic carbocycles. The summed E-state index contributed by atoms with van der Waals surface area (Å²) in [7, 11) is 0.